The van der Waals surface area contributed by atoms with Crippen LogP contribution < -0.4 is 0 Å². The fourth-order valence-electron chi connectivity index (χ4n) is 0.759. The summed E-state index contributed by atoms with van der Waals surface area (Å²) in [7, 11) is 0. The minimum absolute atomic E-state index is 0.233. The molecule has 0 saturated carbocycles. The van der Waals surface area contributed by atoms with Crippen molar-refractivity contribution in [2.24, 2.45) is 0 Å². The first-order chi connectivity index (χ1) is 6.06. The molecular formula is C7H4Br3F2N. The number of rotatable bonds is 2. The highest BCUT2D eigenvalue weighted by Gasteiger charge is 2.14. The van der Waals surface area contributed by atoms with E-state index in [2.05, 4.69) is 52.8 Å². The molecule has 0 aromatic carbocycles. The van der Waals surface area contributed by atoms with Gasteiger partial charge < -0.3 is 0 Å². The lowest BCUT2D eigenvalue weighted by Gasteiger charge is -2.06. The van der Waals surface area contributed by atoms with Crippen molar-refractivity contribution < 1.29 is 8.78 Å². The Morgan fingerprint density at radius 2 is 2.00 bits per heavy atom. The van der Waals surface area contributed by atoms with Gasteiger partial charge in [-0.15, -0.1) is 0 Å². The molecule has 0 aliphatic heterocycles. The Hall–Kier alpha value is 0.450. The third kappa shape index (κ3) is 2.70. The van der Waals surface area contributed by atoms with Crippen molar-refractivity contribution in [1.29, 1.82) is 0 Å². The monoisotopic (exact) mass is 377 g/mol. The van der Waals surface area contributed by atoms with Gasteiger partial charge in [0.25, 0.3) is 6.43 Å². The van der Waals surface area contributed by atoms with Gasteiger partial charge in [0.15, 0.2) is 0 Å². The Labute approximate surface area is 99.3 Å². The Bertz CT molecular complexity index is 294. The van der Waals surface area contributed by atoms with E-state index in [1.54, 1.807) is 0 Å². The van der Waals surface area contributed by atoms with Crippen LogP contribution in [-0.4, -0.2) is 4.98 Å². The van der Waals surface area contributed by atoms with Crippen molar-refractivity contribution in [3.8, 4) is 0 Å². The summed E-state index contributed by atoms with van der Waals surface area (Å²) < 4.78 is 25.6. The summed E-state index contributed by atoms with van der Waals surface area (Å²) in [5.41, 5.74) is 0.591. The van der Waals surface area contributed by atoms with E-state index in [0.29, 0.717) is 14.4 Å². The van der Waals surface area contributed by atoms with Crippen LogP contribution in [0.25, 0.3) is 0 Å². The maximum atomic E-state index is 12.2. The van der Waals surface area contributed by atoms with Crippen LogP contribution in [-0.2, 0) is 5.33 Å². The normalized spacial score (nSPS) is 10.9. The Morgan fingerprint density at radius 1 is 1.38 bits per heavy atom. The highest BCUT2D eigenvalue weighted by Crippen LogP contribution is 2.29. The smallest absolute Gasteiger partial charge is 0.240 e. The van der Waals surface area contributed by atoms with Gasteiger partial charge in [-0.1, -0.05) is 31.9 Å². The van der Waals surface area contributed by atoms with Crippen molar-refractivity contribution in [2.75, 3.05) is 0 Å². The summed E-state index contributed by atoms with van der Waals surface area (Å²) in [5, 5.41) is 0.560. The summed E-state index contributed by atoms with van der Waals surface area (Å²) in [6.07, 6.45) is -2.54. The van der Waals surface area contributed by atoms with Crippen LogP contribution in [0.3, 0.4) is 0 Å². The number of pyridine rings is 1. The van der Waals surface area contributed by atoms with E-state index in [1.165, 1.54) is 6.07 Å². The molecule has 0 saturated heterocycles. The van der Waals surface area contributed by atoms with Crippen LogP contribution >= 0.6 is 47.8 Å². The number of aromatic nitrogens is 1. The Kier molecular flexibility index (Phi) is 4.25. The minimum atomic E-state index is -2.54. The summed E-state index contributed by atoms with van der Waals surface area (Å²) in [4.78, 5) is 3.71. The number of hydrogen-bond acceptors (Lipinski definition) is 1. The molecule has 1 nitrogen and oxygen atoms in total. The van der Waals surface area contributed by atoms with E-state index in [9.17, 15) is 8.78 Å². The van der Waals surface area contributed by atoms with Gasteiger partial charge in [0.1, 0.15) is 10.3 Å². The molecule has 0 spiro atoms. The third-order valence-electron chi connectivity index (χ3n) is 1.40. The van der Waals surface area contributed by atoms with Gasteiger partial charge >= 0.3 is 0 Å². The standard InChI is InChI=1S/C7H4Br3F2N/c8-2-3-4(9)1-5(7(11)12)13-6(3)10/h1,7H,2H2. The lowest BCUT2D eigenvalue weighted by molar-refractivity contribution is 0.146. The van der Waals surface area contributed by atoms with E-state index < -0.39 is 6.43 Å². The molecule has 6 heteroatoms. The summed E-state index contributed by atoms with van der Waals surface area (Å²) in [6.45, 7) is 0. The molecule has 1 aromatic heterocycles. The molecular weight excluding hydrogens is 376 g/mol. The second-order valence-electron chi connectivity index (χ2n) is 2.23. The maximum absolute atomic E-state index is 12.2. The Balaban J connectivity index is 3.20. The molecule has 0 aliphatic rings. The number of nitrogens with zero attached hydrogens (tertiary/aromatic N) is 1. The van der Waals surface area contributed by atoms with E-state index in [-0.39, 0.29) is 5.69 Å². The quantitative estimate of drug-likeness (QED) is 0.547. The second kappa shape index (κ2) is 4.79. The third-order valence-corrected chi connectivity index (χ3v) is 3.32. The lowest BCUT2D eigenvalue weighted by Crippen LogP contribution is -1.95. The number of halogens is 5. The molecule has 0 unspecified atom stereocenters. The first-order valence-electron chi connectivity index (χ1n) is 3.25. The second-order valence-corrected chi connectivity index (χ2v) is 4.40. The zero-order chi connectivity index (χ0) is 10.0. The van der Waals surface area contributed by atoms with Crippen LogP contribution in [0, 0.1) is 0 Å². The van der Waals surface area contributed by atoms with Gasteiger partial charge in [0.05, 0.1) is 0 Å². The predicted molar refractivity (Wildman–Crippen MR) is 57.2 cm³/mol. The van der Waals surface area contributed by atoms with Crippen LogP contribution in [0.5, 0.6) is 0 Å². The van der Waals surface area contributed by atoms with E-state index in [4.69, 9.17) is 0 Å². The van der Waals surface area contributed by atoms with Crippen LogP contribution in [0.1, 0.15) is 17.7 Å². The first kappa shape index (κ1) is 11.5. The maximum Gasteiger partial charge on any atom is 0.280 e. The largest absolute Gasteiger partial charge is 0.280 e. The van der Waals surface area contributed by atoms with Gasteiger partial charge in [-0.3, -0.25) is 0 Å². The zero-order valence-corrected chi connectivity index (χ0v) is 11.0. The predicted octanol–water partition coefficient (Wildman–Crippen LogP) is 4.44. The van der Waals surface area contributed by atoms with Crippen LogP contribution in [0.4, 0.5) is 8.78 Å². The van der Waals surface area contributed by atoms with Crippen LogP contribution in [0.15, 0.2) is 15.1 Å². The molecule has 0 amide bonds. The molecule has 13 heavy (non-hydrogen) atoms. The van der Waals surface area contributed by atoms with E-state index >= 15 is 0 Å². The van der Waals surface area contributed by atoms with Gasteiger partial charge in [0, 0.05) is 15.4 Å². The number of hydrogen-bond donors (Lipinski definition) is 0. The lowest BCUT2D eigenvalue weighted by atomic mass is 10.3. The van der Waals surface area contributed by atoms with Crippen molar-refractivity contribution in [1.82, 2.24) is 4.98 Å². The fourth-order valence-corrected chi connectivity index (χ4v) is 3.47. The summed E-state index contributed by atoms with van der Waals surface area (Å²) >= 11 is 9.55. The van der Waals surface area contributed by atoms with E-state index in [0.717, 1.165) is 5.56 Å². The average molecular weight is 380 g/mol. The SMILES string of the molecule is FC(F)c1cc(Br)c(CBr)c(Br)n1. The highest BCUT2D eigenvalue weighted by atomic mass is 79.9. The molecule has 0 radical (unpaired) electrons. The molecule has 0 N–H and O–H groups in total. The minimum Gasteiger partial charge on any atom is -0.240 e. The van der Waals surface area contributed by atoms with Crippen molar-refractivity contribution in [3.63, 3.8) is 0 Å². The fraction of sp³-hybridized carbons (Fsp3) is 0.286. The summed E-state index contributed by atoms with van der Waals surface area (Å²) in [5.74, 6) is 0. The molecule has 0 fully saturated rings. The molecule has 0 bridgehead atoms. The zero-order valence-electron chi connectivity index (χ0n) is 6.20. The topological polar surface area (TPSA) is 12.9 Å². The number of alkyl halides is 3. The van der Waals surface area contributed by atoms with Crippen molar-refractivity contribution in [3.05, 3.63) is 26.4 Å². The van der Waals surface area contributed by atoms with Crippen LogP contribution in [0.2, 0.25) is 0 Å². The molecule has 1 heterocycles. The Morgan fingerprint density at radius 3 is 2.38 bits per heavy atom. The molecule has 0 aliphatic carbocycles. The van der Waals surface area contributed by atoms with Crippen molar-refractivity contribution in [2.45, 2.75) is 11.8 Å². The first-order valence-corrected chi connectivity index (χ1v) is 5.96. The molecule has 72 valence electrons. The highest BCUT2D eigenvalue weighted by molar-refractivity contribution is 9.11. The molecule has 1 rings (SSSR count). The van der Waals surface area contributed by atoms with Gasteiger partial charge in [-0.25, -0.2) is 13.8 Å². The average Bonchev–Trinajstić information content (AvgIpc) is 2.03. The van der Waals surface area contributed by atoms with Gasteiger partial charge in [0.2, 0.25) is 0 Å². The van der Waals surface area contributed by atoms with E-state index in [1.807, 2.05) is 0 Å². The van der Waals surface area contributed by atoms with Gasteiger partial charge in [-0.2, -0.15) is 0 Å². The van der Waals surface area contributed by atoms with Gasteiger partial charge in [-0.05, 0) is 22.0 Å². The van der Waals surface area contributed by atoms with Crippen molar-refractivity contribution >= 4 is 47.8 Å². The summed E-state index contributed by atoms with van der Waals surface area (Å²) in [6, 6.07) is 1.33. The molecule has 0 atom stereocenters. The molecule has 1 aromatic rings.